The van der Waals surface area contributed by atoms with Crippen molar-refractivity contribution >= 4 is 27.5 Å². The summed E-state index contributed by atoms with van der Waals surface area (Å²) in [6.07, 6.45) is 0.125. The van der Waals surface area contributed by atoms with Gasteiger partial charge in [0.2, 0.25) is 15.9 Å². The van der Waals surface area contributed by atoms with Crippen LogP contribution in [0.5, 0.6) is 5.75 Å². The molecule has 8 nitrogen and oxygen atoms in total. The second-order valence-corrected chi connectivity index (χ2v) is 7.47. The van der Waals surface area contributed by atoms with Crippen LogP contribution in [0.3, 0.4) is 0 Å². The Hall–Kier alpha value is -2.91. The molecule has 0 saturated heterocycles. The molecule has 0 aliphatic carbocycles. The number of nitrogens with two attached hydrogens (primary N) is 1. The Kier molecular flexibility index (Phi) is 4.92. The van der Waals surface area contributed by atoms with E-state index in [4.69, 9.17) is 10.5 Å². The Labute approximate surface area is 150 Å². The van der Waals surface area contributed by atoms with Crippen molar-refractivity contribution in [2.24, 2.45) is 5.73 Å². The van der Waals surface area contributed by atoms with Crippen LogP contribution in [0.1, 0.15) is 5.56 Å². The molecule has 0 spiro atoms. The van der Waals surface area contributed by atoms with Crippen LogP contribution in [0.2, 0.25) is 0 Å². The molecular weight excluding hydrogens is 358 g/mol. The summed E-state index contributed by atoms with van der Waals surface area (Å²) < 4.78 is 32.8. The molecule has 1 aliphatic rings. The van der Waals surface area contributed by atoms with E-state index in [9.17, 15) is 18.0 Å². The zero-order valence-corrected chi connectivity index (χ0v) is 14.5. The van der Waals surface area contributed by atoms with Crippen molar-refractivity contribution in [1.29, 1.82) is 0 Å². The summed E-state index contributed by atoms with van der Waals surface area (Å²) in [6.45, 7) is -0.127. The lowest BCUT2D eigenvalue weighted by molar-refractivity contribution is -0.120. The van der Waals surface area contributed by atoms with Gasteiger partial charge in [-0.25, -0.2) is 8.42 Å². The van der Waals surface area contributed by atoms with E-state index in [1.54, 1.807) is 24.3 Å². The number of fused-ring (bicyclic) bond motifs is 1. The maximum absolute atomic E-state index is 12.6. The number of ether oxygens (including phenoxy) is 1. The number of carbonyl (C=O) groups excluding carboxylic acids is 2. The monoisotopic (exact) mass is 375 g/mol. The fraction of sp³-hybridized carbons (Fsp3) is 0.176. The first-order chi connectivity index (χ1) is 12.3. The van der Waals surface area contributed by atoms with E-state index in [1.807, 2.05) is 6.07 Å². The quantitative estimate of drug-likeness (QED) is 0.673. The van der Waals surface area contributed by atoms with Crippen molar-refractivity contribution in [2.75, 3.05) is 11.9 Å². The molecule has 26 heavy (non-hydrogen) atoms. The van der Waals surface area contributed by atoms with Crippen LogP contribution in [0, 0.1) is 0 Å². The number of sulfonamides is 1. The molecule has 1 unspecified atom stereocenters. The summed E-state index contributed by atoms with van der Waals surface area (Å²) >= 11 is 0. The third-order valence-electron chi connectivity index (χ3n) is 3.82. The molecule has 9 heteroatoms. The maximum Gasteiger partial charge on any atom is 0.262 e. The lowest BCUT2D eigenvalue weighted by atomic mass is 10.1. The van der Waals surface area contributed by atoms with Crippen LogP contribution < -0.4 is 20.5 Å². The van der Waals surface area contributed by atoms with E-state index in [1.165, 1.54) is 18.2 Å². The average molecular weight is 375 g/mol. The number of hydrogen-bond donors (Lipinski definition) is 3. The number of benzene rings is 2. The van der Waals surface area contributed by atoms with Crippen molar-refractivity contribution < 1.29 is 22.7 Å². The fourth-order valence-electron chi connectivity index (χ4n) is 2.53. The Bertz CT molecular complexity index is 944. The van der Waals surface area contributed by atoms with Gasteiger partial charge in [0.05, 0.1) is 10.6 Å². The topological polar surface area (TPSA) is 128 Å². The molecule has 0 saturated carbocycles. The van der Waals surface area contributed by atoms with Gasteiger partial charge in [-0.1, -0.05) is 30.3 Å². The van der Waals surface area contributed by atoms with E-state index >= 15 is 0 Å². The third kappa shape index (κ3) is 4.01. The lowest BCUT2D eigenvalue weighted by Crippen LogP contribution is -2.45. The Balaban J connectivity index is 1.83. The van der Waals surface area contributed by atoms with Crippen LogP contribution in [0.4, 0.5) is 5.69 Å². The number of nitrogens with one attached hydrogen (secondary N) is 2. The molecule has 136 valence electrons. The van der Waals surface area contributed by atoms with E-state index < -0.39 is 22.0 Å². The van der Waals surface area contributed by atoms with Crippen LogP contribution in [0.25, 0.3) is 0 Å². The van der Waals surface area contributed by atoms with Gasteiger partial charge in [0.1, 0.15) is 11.8 Å². The van der Waals surface area contributed by atoms with Crippen molar-refractivity contribution in [2.45, 2.75) is 17.4 Å². The Morgan fingerprint density at radius 1 is 1.23 bits per heavy atom. The van der Waals surface area contributed by atoms with Crippen molar-refractivity contribution in [3.63, 3.8) is 0 Å². The molecule has 0 fully saturated rings. The first-order valence-electron chi connectivity index (χ1n) is 7.77. The van der Waals surface area contributed by atoms with E-state index in [0.717, 1.165) is 5.56 Å². The van der Waals surface area contributed by atoms with Gasteiger partial charge in [0.15, 0.2) is 6.61 Å². The summed E-state index contributed by atoms with van der Waals surface area (Å²) in [5, 5.41) is 2.54. The standard InChI is InChI=1S/C17H17N3O5S/c18-17(22)14(8-11-4-2-1-3-5-11)20-26(23,24)12-6-7-15-13(9-12)19-16(21)10-25-15/h1-7,9,14,20H,8,10H2,(H2,18,22)(H,19,21). The van der Waals surface area contributed by atoms with Crippen LogP contribution in [-0.2, 0) is 26.0 Å². The number of rotatable bonds is 6. The molecule has 1 atom stereocenters. The average Bonchev–Trinajstić information content (AvgIpc) is 2.61. The van der Waals surface area contributed by atoms with Gasteiger partial charge < -0.3 is 15.8 Å². The SMILES string of the molecule is NC(=O)C(Cc1ccccc1)NS(=O)(=O)c1ccc2c(c1)NC(=O)CO2. The zero-order chi connectivity index (χ0) is 18.7. The van der Waals surface area contributed by atoms with Crippen LogP contribution in [-0.4, -0.2) is 32.9 Å². The highest BCUT2D eigenvalue weighted by atomic mass is 32.2. The first kappa shape index (κ1) is 17.9. The van der Waals surface area contributed by atoms with Crippen molar-refractivity contribution in [1.82, 2.24) is 4.72 Å². The smallest absolute Gasteiger partial charge is 0.262 e. The molecule has 4 N–H and O–H groups in total. The van der Waals surface area contributed by atoms with Gasteiger partial charge >= 0.3 is 0 Å². The highest BCUT2D eigenvalue weighted by Gasteiger charge is 2.26. The summed E-state index contributed by atoms with van der Waals surface area (Å²) in [6, 6.07) is 11.9. The molecule has 1 aliphatic heterocycles. The van der Waals surface area contributed by atoms with E-state index in [2.05, 4.69) is 10.0 Å². The highest BCUT2D eigenvalue weighted by Crippen LogP contribution is 2.30. The molecule has 3 rings (SSSR count). The number of anilines is 1. The minimum absolute atomic E-state index is 0.110. The minimum Gasteiger partial charge on any atom is -0.482 e. The number of primary amides is 1. The second-order valence-electron chi connectivity index (χ2n) is 5.76. The van der Waals surface area contributed by atoms with Gasteiger partial charge in [-0.15, -0.1) is 0 Å². The van der Waals surface area contributed by atoms with Gasteiger partial charge in [0, 0.05) is 0 Å². The predicted molar refractivity (Wildman–Crippen MR) is 94.0 cm³/mol. The normalized spacial score (nSPS) is 14.7. The fourth-order valence-corrected chi connectivity index (χ4v) is 3.77. The lowest BCUT2D eigenvalue weighted by Gasteiger charge is -2.20. The largest absolute Gasteiger partial charge is 0.482 e. The number of carbonyl (C=O) groups is 2. The summed E-state index contributed by atoms with van der Waals surface area (Å²) in [7, 11) is -4.03. The van der Waals surface area contributed by atoms with Crippen LogP contribution in [0.15, 0.2) is 53.4 Å². The molecule has 0 radical (unpaired) electrons. The van der Waals surface area contributed by atoms with Crippen molar-refractivity contribution in [3.8, 4) is 5.75 Å². The number of hydrogen-bond acceptors (Lipinski definition) is 5. The first-order valence-corrected chi connectivity index (χ1v) is 9.26. The maximum atomic E-state index is 12.6. The zero-order valence-electron chi connectivity index (χ0n) is 13.6. The molecule has 0 bridgehead atoms. The molecule has 2 amide bonds. The van der Waals surface area contributed by atoms with Crippen molar-refractivity contribution in [3.05, 3.63) is 54.1 Å². The van der Waals surface area contributed by atoms with Gasteiger partial charge in [0.25, 0.3) is 5.91 Å². The third-order valence-corrected chi connectivity index (χ3v) is 5.29. The molecular formula is C17H17N3O5S. The summed E-state index contributed by atoms with van der Waals surface area (Å²) in [5.41, 5.74) is 6.38. The predicted octanol–water partition coefficient (Wildman–Crippen LogP) is 0.392. The highest BCUT2D eigenvalue weighted by molar-refractivity contribution is 7.89. The second kappa shape index (κ2) is 7.14. The van der Waals surface area contributed by atoms with Gasteiger partial charge in [-0.3, -0.25) is 9.59 Å². The summed E-state index contributed by atoms with van der Waals surface area (Å²) in [4.78, 5) is 23.0. The summed E-state index contributed by atoms with van der Waals surface area (Å²) in [5.74, 6) is -0.787. The minimum atomic E-state index is -4.03. The van der Waals surface area contributed by atoms with E-state index in [0.29, 0.717) is 5.75 Å². The van der Waals surface area contributed by atoms with Crippen LogP contribution >= 0.6 is 0 Å². The molecule has 0 aromatic heterocycles. The molecule has 2 aromatic rings. The molecule has 2 aromatic carbocycles. The Morgan fingerprint density at radius 2 is 1.96 bits per heavy atom. The number of amides is 2. The Morgan fingerprint density at radius 3 is 2.65 bits per heavy atom. The molecule has 1 heterocycles. The van der Waals surface area contributed by atoms with Gasteiger partial charge in [-0.05, 0) is 30.2 Å². The van der Waals surface area contributed by atoms with Gasteiger partial charge in [-0.2, -0.15) is 4.72 Å². The van der Waals surface area contributed by atoms with E-state index in [-0.39, 0.29) is 29.5 Å².